The topological polar surface area (TPSA) is 119 Å². The van der Waals surface area contributed by atoms with Crippen LogP contribution < -0.4 is 20.2 Å². The molecule has 1 aliphatic heterocycles. The van der Waals surface area contributed by atoms with Gasteiger partial charge in [0, 0.05) is 61.4 Å². The average Bonchev–Trinajstić information content (AvgIpc) is 2.94. The number of ether oxygens (including phenoxy) is 3. The van der Waals surface area contributed by atoms with Gasteiger partial charge in [-0.1, -0.05) is 0 Å². The van der Waals surface area contributed by atoms with E-state index in [1.807, 2.05) is 0 Å². The van der Waals surface area contributed by atoms with Crippen molar-refractivity contribution in [2.75, 3.05) is 44.8 Å². The first-order valence-electron chi connectivity index (χ1n) is 12.2. The van der Waals surface area contributed by atoms with Gasteiger partial charge < -0.3 is 24.5 Å². The Labute approximate surface area is 217 Å². The summed E-state index contributed by atoms with van der Waals surface area (Å²) >= 11 is 0. The number of carbonyl (C=O) groups is 1. The molecule has 196 valence electrons. The molecule has 0 radical (unpaired) electrons. The van der Waals surface area contributed by atoms with Gasteiger partial charge >= 0.3 is 0 Å². The van der Waals surface area contributed by atoms with Gasteiger partial charge in [-0.25, -0.2) is 9.37 Å². The molecule has 1 saturated heterocycles. The van der Waals surface area contributed by atoms with Gasteiger partial charge in [0.2, 0.25) is 11.3 Å². The van der Waals surface area contributed by atoms with E-state index in [0.29, 0.717) is 29.1 Å². The number of hydrogen-bond donors (Lipinski definition) is 2. The number of halogens is 1. The minimum Gasteiger partial charge on any atom is -0.478 e. The summed E-state index contributed by atoms with van der Waals surface area (Å²) < 4.78 is 31.5. The monoisotopic (exact) mass is 519 g/mol. The van der Waals surface area contributed by atoms with Crippen LogP contribution in [0.4, 0.5) is 10.1 Å². The maximum atomic E-state index is 14.8. The molecule has 0 aliphatic carbocycles. The molecule has 0 atom stereocenters. The maximum absolute atomic E-state index is 14.8. The number of amides is 1. The van der Waals surface area contributed by atoms with E-state index >= 15 is 0 Å². The van der Waals surface area contributed by atoms with Crippen LogP contribution in [0.25, 0.3) is 10.9 Å². The van der Waals surface area contributed by atoms with E-state index in [-0.39, 0.29) is 17.0 Å². The van der Waals surface area contributed by atoms with Gasteiger partial charge in [-0.3, -0.25) is 19.5 Å². The number of H-pyrrole nitrogens is 1. The van der Waals surface area contributed by atoms with Crippen molar-refractivity contribution in [2.24, 2.45) is 0 Å². The lowest BCUT2D eigenvalue weighted by molar-refractivity contribution is 0.0357. The Hall–Kier alpha value is -4.35. The number of morpholine rings is 1. The molecule has 4 heterocycles. The molecule has 1 amide bonds. The fourth-order valence-corrected chi connectivity index (χ4v) is 4.05. The maximum Gasteiger partial charge on any atom is 0.261 e. The zero-order chi connectivity index (χ0) is 26.3. The highest BCUT2D eigenvalue weighted by Gasteiger charge is 2.15. The third-order valence-electron chi connectivity index (χ3n) is 6.02. The van der Waals surface area contributed by atoms with E-state index in [1.165, 1.54) is 43.0 Å². The van der Waals surface area contributed by atoms with Crippen LogP contribution in [0, 0.1) is 5.82 Å². The van der Waals surface area contributed by atoms with Crippen molar-refractivity contribution in [1.29, 1.82) is 0 Å². The number of aromatic amines is 1. The highest BCUT2D eigenvalue weighted by Crippen LogP contribution is 2.28. The third kappa shape index (κ3) is 6.13. The quantitative estimate of drug-likeness (QED) is 0.322. The lowest BCUT2D eigenvalue weighted by Crippen LogP contribution is -2.37. The lowest BCUT2D eigenvalue weighted by Gasteiger charge is -2.26. The molecule has 38 heavy (non-hydrogen) atoms. The van der Waals surface area contributed by atoms with E-state index in [1.54, 1.807) is 12.1 Å². The summed E-state index contributed by atoms with van der Waals surface area (Å²) in [5.74, 6) is -0.654. The third-order valence-corrected chi connectivity index (χ3v) is 6.02. The Bertz CT molecular complexity index is 1490. The summed E-state index contributed by atoms with van der Waals surface area (Å²) in [4.78, 5) is 38.6. The van der Waals surface area contributed by atoms with Crippen LogP contribution in [0.1, 0.15) is 16.8 Å². The Morgan fingerprint density at radius 2 is 2.03 bits per heavy atom. The molecule has 1 aliphatic rings. The largest absolute Gasteiger partial charge is 0.478 e. The Morgan fingerprint density at radius 3 is 2.87 bits per heavy atom. The zero-order valence-corrected chi connectivity index (χ0v) is 20.5. The summed E-state index contributed by atoms with van der Waals surface area (Å²) in [6.07, 6.45) is 6.64. The smallest absolute Gasteiger partial charge is 0.261 e. The highest BCUT2D eigenvalue weighted by molar-refractivity contribution is 6.05. The Kier molecular flexibility index (Phi) is 7.86. The molecule has 0 unspecified atom stereocenters. The lowest BCUT2D eigenvalue weighted by atomic mass is 10.1. The fraction of sp³-hybridized carbons (Fsp3) is 0.259. The number of carbonyl (C=O) groups excluding carboxylic acids is 1. The standard InChI is InChI=1S/C27H26FN5O5/c28-22-14-18(32-27(35)21-16-31-23-17-29-6-5-20(23)26(21)34)2-3-24(22)38-19-4-7-30-25(15-19)37-11-1-8-33-9-12-36-13-10-33/h2-7,14-17H,1,8-13H2,(H,31,34)(H,32,35). The number of aromatic nitrogens is 3. The SMILES string of the molecule is O=C(Nc1ccc(Oc2ccnc(OCCCN3CCOCC3)c2)c(F)c1)c1c[nH]c2cnccc2c1=O. The summed E-state index contributed by atoms with van der Waals surface area (Å²) in [6.45, 7) is 4.78. The second-order valence-corrected chi connectivity index (χ2v) is 8.64. The van der Waals surface area contributed by atoms with Crippen molar-refractivity contribution < 1.29 is 23.4 Å². The average molecular weight is 520 g/mol. The normalized spacial score (nSPS) is 13.8. The molecule has 10 nitrogen and oxygen atoms in total. The summed E-state index contributed by atoms with van der Waals surface area (Å²) in [7, 11) is 0. The predicted octanol–water partition coefficient (Wildman–Crippen LogP) is 3.60. The first-order valence-corrected chi connectivity index (χ1v) is 12.2. The van der Waals surface area contributed by atoms with Gasteiger partial charge in [0.1, 0.15) is 11.3 Å². The summed E-state index contributed by atoms with van der Waals surface area (Å²) in [6, 6.07) is 8.71. The van der Waals surface area contributed by atoms with Crippen LogP contribution in [0.15, 0.2) is 66.0 Å². The zero-order valence-electron chi connectivity index (χ0n) is 20.5. The highest BCUT2D eigenvalue weighted by atomic mass is 19.1. The minimum atomic E-state index is -0.689. The molecule has 0 saturated carbocycles. The van der Waals surface area contributed by atoms with Gasteiger partial charge in [0.15, 0.2) is 11.6 Å². The van der Waals surface area contributed by atoms with Gasteiger partial charge in [-0.2, -0.15) is 0 Å². The summed E-state index contributed by atoms with van der Waals surface area (Å²) in [5.41, 5.74) is 0.141. The predicted molar refractivity (Wildman–Crippen MR) is 138 cm³/mol. The number of hydrogen-bond acceptors (Lipinski definition) is 8. The van der Waals surface area contributed by atoms with Crippen molar-refractivity contribution in [3.05, 3.63) is 82.8 Å². The number of fused-ring (bicyclic) bond motifs is 1. The van der Waals surface area contributed by atoms with E-state index < -0.39 is 17.2 Å². The first kappa shape index (κ1) is 25.3. The Morgan fingerprint density at radius 1 is 1.16 bits per heavy atom. The molecule has 5 rings (SSSR count). The molecule has 1 fully saturated rings. The number of nitrogens with zero attached hydrogens (tertiary/aromatic N) is 3. The molecular weight excluding hydrogens is 493 g/mol. The van der Waals surface area contributed by atoms with Crippen LogP contribution in [0.2, 0.25) is 0 Å². The number of pyridine rings is 3. The molecule has 2 N–H and O–H groups in total. The van der Waals surface area contributed by atoms with Crippen LogP contribution in [-0.4, -0.2) is 65.2 Å². The van der Waals surface area contributed by atoms with E-state index in [9.17, 15) is 14.0 Å². The van der Waals surface area contributed by atoms with E-state index in [2.05, 4.69) is 25.2 Å². The number of anilines is 1. The van der Waals surface area contributed by atoms with E-state index in [0.717, 1.165) is 45.3 Å². The van der Waals surface area contributed by atoms with Crippen molar-refractivity contribution in [3.8, 4) is 17.4 Å². The van der Waals surface area contributed by atoms with Gasteiger partial charge in [0.05, 0.1) is 31.5 Å². The van der Waals surface area contributed by atoms with Crippen molar-refractivity contribution in [3.63, 3.8) is 0 Å². The van der Waals surface area contributed by atoms with Crippen molar-refractivity contribution >= 4 is 22.5 Å². The molecule has 3 aromatic heterocycles. The minimum absolute atomic E-state index is 0.0384. The van der Waals surface area contributed by atoms with Crippen LogP contribution in [0.5, 0.6) is 17.4 Å². The second kappa shape index (κ2) is 11.8. The molecule has 4 aromatic rings. The number of nitrogens with one attached hydrogen (secondary N) is 2. The molecule has 11 heteroatoms. The van der Waals surface area contributed by atoms with E-state index in [4.69, 9.17) is 14.2 Å². The van der Waals surface area contributed by atoms with Crippen molar-refractivity contribution in [2.45, 2.75) is 6.42 Å². The Balaban J connectivity index is 1.18. The molecular formula is C27H26FN5O5. The molecule has 0 spiro atoms. The molecule has 0 bridgehead atoms. The second-order valence-electron chi connectivity index (χ2n) is 8.64. The number of benzene rings is 1. The van der Waals surface area contributed by atoms with Gasteiger partial charge in [0.25, 0.3) is 5.91 Å². The first-order chi connectivity index (χ1) is 18.6. The van der Waals surface area contributed by atoms with Gasteiger partial charge in [-0.15, -0.1) is 0 Å². The fourth-order valence-electron chi connectivity index (χ4n) is 4.05. The van der Waals surface area contributed by atoms with Gasteiger partial charge in [-0.05, 0) is 30.7 Å². The van der Waals surface area contributed by atoms with Crippen LogP contribution >= 0.6 is 0 Å². The number of rotatable bonds is 9. The van der Waals surface area contributed by atoms with Crippen molar-refractivity contribution in [1.82, 2.24) is 19.9 Å². The van der Waals surface area contributed by atoms with Crippen LogP contribution in [-0.2, 0) is 4.74 Å². The van der Waals surface area contributed by atoms with Crippen LogP contribution in [0.3, 0.4) is 0 Å². The molecule has 1 aromatic carbocycles. The summed E-state index contributed by atoms with van der Waals surface area (Å²) in [5, 5.41) is 2.88.